The Balaban J connectivity index is 1.40. The Bertz CT molecular complexity index is 1620. The Hall–Kier alpha value is -3.88. The standard InChI is InChI=1S/C33H30N2O5S/c1-32-15-8-18-40-31(39)27(32)26-29(37)35(25(20-36)22-10-3-2-4-11-22)28-30(38)34(17-7-16-33(26,28)41-32)24-14-13-21-9-5-6-12-23(21)19-24/h2-16,19,25-28,36H,17-18,20H2,1H3/t25-,26+,27-,28?,32+,33+/m1/s1. The molecule has 41 heavy (non-hydrogen) atoms. The molecule has 7 nitrogen and oxygen atoms in total. The monoisotopic (exact) mass is 566 g/mol. The van der Waals surface area contributed by atoms with Crippen molar-refractivity contribution < 1.29 is 24.2 Å². The lowest BCUT2D eigenvalue weighted by Crippen LogP contribution is -2.54. The summed E-state index contributed by atoms with van der Waals surface area (Å²) in [5.74, 6) is -2.58. The minimum absolute atomic E-state index is 0.153. The molecule has 2 fully saturated rings. The zero-order valence-electron chi connectivity index (χ0n) is 22.6. The van der Waals surface area contributed by atoms with Crippen molar-refractivity contribution in [3.63, 3.8) is 0 Å². The Kier molecular flexibility index (Phi) is 6.10. The Morgan fingerprint density at radius 2 is 1.68 bits per heavy atom. The molecule has 3 aromatic carbocycles. The first kappa shape index (κ1) is 26.0. The van der Waals surface area contributed by atoms with Crippen molar-refractivity contribution in [1.82, 2.24) is 4.90 Å². The maximum Gasteiger partial charge on any atom is 0.311 e. The van der Waals surface area contributed by atoms with Gasteiger partial charge in [-0.2, -0.15) is 0 Å². The van der Waals surface area contributed by atoms with Crippen molar-refractivity contribution in [2.24, 2.45) is 11.8 Å². The number of esters is 1. The number of carbonyl (C=O) groups is 3. The Morgan fingerprint density at radius 1 is 0.927 bits per heavy atom. The van der Waals surface area contributed by atoms with Crippen LogP contribution in [0.25, 0.3) is 10.8 Å². The molecule has 4 heterocycles. The maximum atomic E-state index is 14.8. The van der Waals surface area contributed by atoms with E-state index in [0.29, 0.717) is 6.54 Å². The van der Waals surface area contributed by atoms with Crippen molar-refractivity contribution in [2.45, 2.75) is 28.5 Å². The van der Waals surface area contributed by atoms with Crippen LogP contribution in [0.2, 0.25) is 0 Å². The number of amides is 2. The van der Waals surface area contributed by atoms with Gasteiger partial charge in [-0.1, -0.05) is 78.9 Å². The molecule has 2 amide bonds. The lowest BCUT2D eigenvalue weighted by molar-refractivity contribution is -0.153. The first-order valence-electron chi connectivity index (χ1n) is 13.9. The average molecular weight is 567 g/mol. The van der Waals surface area contributed by atoms with Crippen LogP contribution < -0.4 is 4.90 Å². The van der Waals surface area contributed by atoms with E-state index in [1.54, 1.807) is 9.80 Å². The number of cyclic esters (lactones) is 1. The largest absolute Gasteiger partial charge is 0.461 e. The number of carbonyl (C=O) groups excluding carboxylic acids is 3. The first-order valence-corrected chi connectivity index (χ1v) is 14.7. The van der Waals surface area contributed by atoms with Crippen LogP contribution in [0.3, 0.4) is 0 Å². The molecule has 208 valence electrons. The maximum absolute atomic E-state index is 14.8. The van der Waals surface area contributed by atoms with Crippen molar-refractivity contribution in [3.05, 3.63) is 103 Å². The van der Waals surface area contributed by atoms with Crippen LogP contribution in [-0.4, -0.2) is 63.1 Å². The fourth-order valence-corrected chi connectivity index (χ4v) is 9.38. The summed E-state index contributed by atoms with van der Waals surface area (Å²) in [6.07, 6.45) is 7.71. The van der Waals surface area contributed by atoms with Crippen molar-refractivity contribution in [1.29, 1.82) is 0 Å². The van der Waals surface area contributed by atoms with Gasteiger partial charge in [0, 0.05) is 17.0 Å². The minimum atomic E-state index is -1.03. The summed E-state index contributed by atoms with van der Waals surface area (Å²) < 4.78 is 3.77. The Labute approximate surface area is 242 Å². The molecule has 0 radical (unpaired) electrons. The van der Waals surface area contributed by atoms with Gasteiger partial charge in [-0.15, -0.1) is 11.8 Å². The highest BCUT2D eigenvalue weighted by atomic mass is 32.2. The number of anilines is 1. The predicted molar refractivity (Wildman–Crippen MR) is 158 cm³/mol. The van der Waals surface area contributed by atoms with Crippen LogP contribution in [0.15, 0.2) is 97.1 Å². The number of aliphatic hydroxyl groups is 1. The van der Waals surface area contributed by atoms with E-state index in [0.717, 1.165) is 22.0 Å². The molecule has 7 rings (SSSR count). The summed E-state index contributed by atoms with van der Waals surface area (Å²) in [5.41, 5.74) is 1.46. The molecule has 4 aliphatic heterocycles. The van der Waals surface area contributed by atoms with Gasteiger partial charge >= 0.3 is 5.97 Å². The second-order valence-electron chi connectivity index (χ2n) is 11.3. The number of rotatable bonds is 4. The van der Waals surface area contributed by atoms with Gasteiger partial charge in [0.2, 0.25) is 5.91 Å². The first-order chi connectivity index (χ1) is 19.9. The quantitative estimate of drug-likeness (QED) is 0.375. The third-order valence-electron chi connectivity index (χ3n) is 8.99. The number of benzene rings is 3. The molecule has 0 bridgehead atoms. The lowest BCUT2D eigenvalue weighted by Gasteiger charge is -2.39. The number of nitrogens with zero attached hydrogens (tertiary/aromatic N) is 2. The highest BCUT2D eigenvalue weighted by molar-refractivity contribution is 8.02. The highest BCUT2D eigenvalue weighted by Gasteiger charge is 2.74. The summed E-state index contributed by atoms with van der Waals surface area (Å²) in [6.45, 7) is 2.07. The molecule has 8 heteroatoms. The van der Waals surface area contributed by atoms with Gasteiger partial charge in [0.15, 0.2) is 0 Å². The molecular weight excluding hydrogens is 536 g/mol. The summed E-state index contributed by atoms with van der Waals surface area (Å²) in [6, 6.07) is 21.5. The van der Waals surface area contributed by atoms with E-state index in [9.17, 15) is 19.5 Å². The van der Waals surface area contributed by atoms with E-state index in [4.69, 9.17) is 4.74 Å². The molecule has 0 saturated carbocycles. The van der Waals surface area contributed by atoms with E-state index < -0.39 is 39.4 Å². The number of likely N-dealkylation sites (tertiary alicyclic amines) is 1. The second kappa shape index (κ2) is 9.60. The number of hydrogen-bond acceptors (Lipinski definition) is 6. The third kappa shape index (κ3) is 3.81. The van der Waals surface area contributed by atoms with Gasteiger partial charge in [-0.3, -0.25) is 14.4 Å². The molecule has 0 aliphatic carbocycles. The smallest absolute Gasteiger partial charge is 0.311 e. The van der Waals surface area contributed by atoms with E-state index in [1.807, 2.05) is 104 Å². The van der Waals surface area contributed by atoms with Gasteiger partial charge in [0.1, 0.15) is 12.6 Å². The zero-order chi connectivity index (χ0) is 28.4. The van der Waals surface area contributed by atoms with Crippen molar-refractivity contribution in [2.75, 3.05) is 24.7 Å². The molecule has 1 spiro atoms. The lowest BCUT2D eigenvalue weighted by atomic mass is 9.75. The summed E-state index contributed by atoms with van der Waals surface area (Å²) in [7, 11) is 0. The number of ether oxygens (including phenoxy) is 1. The van der Waals surface area contributed by atoms with Crippen LogP contribution in [0.4, 0.5) is 5.69 Å². The summed E-state index contributed by atoms with van der Waals surface area (Å²) in [4.78, 5) is 46.2. The van der Waals surface area contributed by atoms with Crippen LogP contribution >= 0.6 is 11.8 Å². The molecule has 2 saturated heterocycles. The number of hydrogen-bond donors (Lipinski definition) is 1. The minimum Gasteiger partial charge on any atom is -0.461 e. The number of fused-ring (bicyclic) bond motifs is 3. The van der Waals surface area contributed by atoms with E-state index in [-0.39, 0.29) is 25.0 Å². The SMILES string of the molecule is C[C@]12C=CCOC(=O)[C@H]1[C@H]1C(=O)N([C@H](CO)c3ccccc3)C3C(=O)N(c4ccc5ccccc5c4)CC=C[C@@]31S2. The van der Waals surface area contributed by atoms with Crippen LogP contribution in [-0.2, 0) is 19.1 Å². The van der Waals surface area contributed by atoms with Crippen LogP contribution in [0, 0.1) is 11.8 Å². The predicted octanol–water partition coefficient (Wildman–Crippen LogP) is 4.28. The molecule has 3 aromatic rings. The molecule has 6 atom stereocenters. The molecule has 0 aromatic heterocycles. The van der Waals surface area contributed by atoms with Crippen LogP contribution in [0.5, 0.6) is 0 Å². The number of aliphatic hydroxyl groups excluding tert-OH is 1. The van der Waals surface area contributed by atoms with Gasteiger partial charge in [0.25, 0.3) is 5.91 Å². The topological polar surface area (TPSA) is 87.1 Å². The zero-order valence-corrected chi connectivity index (χ0v) is 23.4. The summed E-state index contributed by atoms with van der Waals surface area (Å²) >= 11 is 1.50. The summed E-state index contributed by atoms with van der Waals surface area (Å²) in [5, 5.41) is 12.8. The fourth-order valence-electron chi connectivity index (χ4n) is 7.24. The average Bonchev–Trinajstić information content (AvgIpc) is 3.24. The molecule has 4 aliphatic rings. The van der Waals surface area contributed by atoms with Gasteiger partial charge < -0.3 is 19.6 Å². The highest BCUT2D eigenvalue weighted by Crippen LogP contribution is 2.66. The van der Waals surface area contributed by atoms with E-state index >= 15 is 0 Å². The van der Waals surface area contributed by atoms with Crippen LogP contribution in [0.1, 0.15) is 18.5 Å². The second-order valence-corrected chi connectivity index (χ2v) is 13.1. The fraction of sp³-hybridized carbons (Fsp3) is 0.303. The van der Waals surface area contributed by atoms with Gasteiger partial charge in [-0.05, 0) is 41.5 Å². The molecule has 1 unspecified atom stereocenters. The molecule has 1 N–H and O–H groups in total. The Morgan fingerprint density at radius 3 is 2.46 bits per heavy atom. The van der Waals surface area contributed by atoms with Gasteiger partial charge in [-0.25, -0.2) is 0 Å². The van der Waals surface area contributed by atoms with Gasteiger partial charge in [0.05, 0.1) is 29.2 Å². The number of thioether (sulfide) groups is 1. The normalized spacial score (nSPS) is 31.4. The third-order valence-corrected chi connectivity index (χ3v) is 10.8. The van der Waals surface area contributed by atoms with E-state index in [1.165, 1.54) is 11.8 Å². The van der Waals surface area contributed by atoms with E-state index in [2.05, 4.69) is 0 Å². The molecular formula is C33H30N2O5S. The van der Waals surface area contributed by atoms with Crippen molar-refractivity contribution >= 4 is 46.0 Å². The van der Waals surface area contributed by atoms with Crippen molar-refractivity contribution in [3.8, 4) is 0 Å².